The van der Waals surface area contributed by atoms with Gasteiger partial charge < -0.3 is 4.42 Å². The molecule has 23 heavy (non-hydrogen) atoms. The van der Waals surface area contributed by atoms with Gasteiger partial charge in [-0.2, -0.15) is 5.10 Å². The molecule has 0 aliphatic carbocycles. The molecule has 0 unspecified atom stereocenters. The Labute approximate surface area is 135 Å². The van der Waals surface area contributed by atoms with E-state index in [-0.39, 0.29) is 0 Å². The lowest BCUT2D eigenvalue weighted by molar-refractivity contribution is 0.526. The third-order valence-corrected chi connectivity index (χ3v) is 4.08. The van der Waals surface area contributed by atoms with E-state index in [1.807, 2.05) is 28.9 Å². The number of furan rings is 1. The van der Waals surface area contributed by atoms with Crippen LogP contribution in [0.3, 0.4) is 0 Å². The highest BCUT2D eigenvalue weighted by Crippen LogP contribution is 2.29. The summed E-state index contributed by atoms with van der Waals surface area (Å²) in [6.45, 7) is 2.84. The van der Waals surface area contributed by atoms with Gasteiger partial charge in [-0.1, -0.05) is 55.5 Å². The predicted octanol–water partition coefficient (Wildman–Crippen LogP) is 4.91. The lowest BCUT2D eigenvalue weighted by Gasteiger charge is -2.03. The Hall–Kier alpha value is -2.81. The molecule has 0 aliphatic rings. The minimum atomic E-state index is 0.753. The lowest BCUT2D eigenvalue weighted by Crippen LogP contribution is -2.01. The number of hydrogen-bond donors (Lipinski definition) is 0. The van der Waals surface area contributed by atoms with E-state index in [4.69, 9.17) is 9.52 Å². The van der Waals surface area contributed by atoms with Gasteiger partial charge in [0.1, 0.15) is 11.5 Å². The van der Waals surface area contributed by atoms with Gasteiger partial charge in [0.15, 0.2) is 5.76 Å². The monoisotopic (exact) mass is 302 g/mol. The van der Waals surface area contributed by atoms with Crippen LogP contribution in [0.4, 0.5) is 0 Å². The summed E-state index contributed by atoms with van der Waals surface area (Å²) < 4.78 is 7.96. The lowest BCUT2D eigenvalue weighted by atomic mass is 10.2. The van der Waals surface area contributed by atoms with Crippen molar-refractivity contribution in [3.8, 4) is 11.5 Å². The van der Waals surface area contributed by atoms with E-state index in [2.05, 4.69) is 49.4 Å². The number of hydrogen-bond acceptors (Lipinski definition) is 2. The van der Waals surface area contributed by atoms with Crippen LogP contribution in [-0.2, 0) is 13.0 Å². The van der Waals surface area contributed by atoms with Gasteiger partial charge in [0.25, 0.3) is 0 Å². The summed E-state index contributed by atoms with van der Waals surface area (Å²) >= 11 is 0. The van der Waals surface area contributed by atoms with Crippen LogP contribution in [0.2, 0.25) is 0 Å². The van der Waals surface area contributed by atoms with Crippen LogP contribution in [0.25, 0.3) is 22.4 Å². The second-order valence-corrected chi connectivity index (χ2v) is 5.63. The van der Waals surface area contributed by atoms with E-state index >= 15 is 0 Å². The molecule has 4 rings (SSSR count). The van der Waals surface area contributed by atoms with Crippen LogP contribution in [0.15, 0.2) is 71.1 Å². The van der Waals surface area contributed by atoms with E-state index in [1.54, 1.807) is 0 Å². The first kappa shape index (κ1) is 13.8. The molecule has 2 aromatic heterocycles. The van der Waals surface area contributed by atoms with Gasteiger partial charge in [0, 0.05) is 11.8 Å². The fourth-order valence-electron chi connectivity index (χ4n) is 2.88. The zero-order valence-corrected chi connectivity index (χ0v) is 13.1. The topological polar surface area (TPSA) is 31.0 Å². The maximum Gasteiger partial charge on any atom is 0.155 e. The van der Waals surface area contributed by atoms with Crippen molar-refractivity contribution in [1.82, 2.24) is 9.78 Å². The van der Waals surface area contributed by atoms with E-state index in [0.29, 0.717) is 0 Å². The van der Waals surface area contributed by atoms with Crippen molar-refractivity contribution >= 4 is 10.9 Å². The van der Waals surface area contributed by atoms with Gasteiger partial charge in [-0.15, -0.1) is 0 Å². The van der Waals surface area contributed by atoms with Crippen molar-refractivity contribution in [2.75, 3.05) is 0 Å². The first-order valence-corrected chi connectivity index (χ1v) is 7.93. The Morgan fingerprint density at radius 3 is 2.48 bits per heavy atom. The van der Waals surface area contributed by atoms with Crippen molar-refractivity contribution in [2.24, 2.45) is 0 Å². The number of para-hydroxylation sites is 1. The highest BCUT2D eigenvalue weighted by molar-refractivity contribution is 5.92. The third-order valence-electron chi connectivity index (χ3n) is 4.08. The third kappa shape index (κ3) is 2.55. The Morgan fingerprint density at radius 1 is 0.913 bits per heavy atom. The SMILES string of the molecule is CCc1ccc(-c2nn(Cc3ccccc3)c3ccccc23)o1. The molecule has 0 fully saturated rings. The molecule has 0 atom stereocenters. The number of aryl methyl sites for hydroxylation is 1. The molecule has 3 nitrogen and oxygen atoms in total. The minimum Gasteiger partial charge on any atom is -0.459 e. The summed E-state index contributed by atoms with van der Waals surface area (Å²) in [5.41, 5.74) is 3.28. The van der Waals surface area contributed by atoms with Gasteiger partial charge in [-0.05, 0) is 23.8 Å². The Kier molecular flexibility index (Phi) is 3.46. The van der Waals surface area contributed by atoms with Crippen molar-refractivity contribution in [3.63, 3.8) is 0 Å². The summed E-state index contributed by atoms with van der Waals surface area (Å²) in [4.78, 5) is 0. The normalized spacial score (nSPS) is 11.2. The Balaban J connectivity index is 1.83. The van der Waals surface area contributed by atoms with Gasteiger partial charge in [-0.3, -0.25) is 4.68 Å². The smallest absolute Gasteiger partial charge is 0.155 e. The van der Waals surface area contributed by atoms with Crippen molar-refractivity contribution < 1.29 is 4.42 Å². The largest absolute Gasteiger partial charge is 0.459 e. The van der Waals surface area contributed by atoms with E-state index < -0.39 is 0 Å². The maximum atomic E-state index is 5.91. The number of rotatable bonds is 4. The molecule has 2 heterocycles. The number of nitrogens with zero attached hydrogens (tertiary/aromatic N) is 2. The molecule has 0 amide bonds. The van der Waals surface area contributed by atoms with Gasteiger partial charge in [0.05, 0.1) is 12.1 Å². The molecule has 0 radical (unpaired) electrons. The van der Waals surface area contributed by atoms with E-state index in [9.17, 15) is 0 Å². The summed E-state index contributed by atoms with van der Waals surface area (Å²) in [6.07, 6.45) is 0.892. The van der Waals surface area contributed by atoms with Crippen LogP contribution in [0.1, 0.15) is 18.2 Å². The zero-order valence-electron chi connectivity index (χ0n) is 13.1. The minimum absolute atomic E-state index is 0.753. The summed E-state index contributed by atoms with van der Waals surface area (Å²) in [5, 5.41) is 5.95. The molecule has 0 N–H and O–H groups in total. The Morgan fingerprint density at radius 2 is 1.70 bits per heavy atom. The van der Waals surface area contributed by atoms with Crippen LogP contribution in [0, 0.1) is 0 Å². The summed E-state index contributed by atoms with van der Waals surface area (Å²) in [7, 11) is 0. The maximum absolute atomic E-state index is 5.91. The van der Waals surface area contributed by atoms with E-state index in [0.717, 1.165) is 41.1 Å². The molecule has 4 aromatic rings. The highest BCUT2D eigenvalue weighted by Gasteiger charge is 2.15. The zero-order chi connectivity index (χ0) is 15.6. The van der Waals surface area contributed by atoms with E-state index in [1.165, 1.54) is 5.56 Å². The molecule has 114 valence electrons. The van der Waals surface area contributed by atoms with Crippen molar-refractivity contribution in [1.29, 1.82) is 0 Å². The second-order valence-electron chi connectivity index (χ2n) is 5.63. The molecular formula is C20H18N2O. The fraction of sp³-hybridized carbons (Fsp3) is 0.150. The molecule has 3 heteroatoms. The van der Waals surface area contributed by atoms with Crippen LogP contribution in [-0.4, -0.2) is 9.78 Å². The van der Waals surface area contributed by atoms with Crippen LogP contribution >= 0.6 is 0 Å². The van der Waals surface area contributed by atoms with Gasteiger partial charge in [0.2, 0.25) is 0 Å². The number of aromatic nitrogens is 2. The van der Waals surface area contributed by atoms with Crippen molar-refractivity contribution in [3.05, 3.63) is 78.1 Å². The molecule has 0 saturated carbocycles. The molecule has 2 aromatic carbocycles. The number of benzene rings is 2. The first-order valence-electron chi connectivity index (χ1n) is 7.93. The summed E-state index contributed by atoms with van der Waals surface area (Å²) in [5.74, 6) is 1.83. The molecule has 0 spiro atoms. The standard InChI is InChI=1S/C20H18N2O/c1-2-16-12-13-19(23-16)20-17-10-6-7-11-18(17)22(21-20)14-15-8-4-3-5-9-15/h3-13H,2,14H2,1H3. The average molecular weight is 302 g/mol. The van der Waals surface area contributed by atoms with Gasteiger partial charge in [-0.25, -0.2) is 0 Å². The number of fused-ring (bicyclic) bond motifs is 1. The molecular weight excluding hydrogens is 284 g/mol. The van der Waals surface area contributed by atoms with Gasteiger partial charge >= 0.3 is 0 Å². The second kappa shape index (κ2) is 5.76. The first-order chi connectivity index (χ1) is 11.3. The molecule has 0 bridgehead atoms. The summed E-state index contributed by atoms with van der Waals surface area (Å²) in [6, 6.07) is 22.7. The molecule has 0 aliphatic heterocycles. The Bertz CT molecular complexity index is 935. The quantitative estimate of drug-likeness (QED) is 0.536. The fourth-order valence-corrected chi connectivity index (χ4v) is 2.88. The average Bonchev–Trinajstić information content (AvgIpc) is 3.21. The van der Waals surface area contributed by atoms with Crippen molar-refractivity contribution in [2.45, 2.75) is 19.9 Å². The highest BCUT2D eigenvalue weighted by atomic mass is 16.3. The van der Waals surface area contributed by atoms with Crippen LogP contribution in [0.5, 0.6) is 0 Å². The predicted molar refractivity (Wildman–Crippen MR) is 92.4 cm³/mol. The van der Waals surface area contributed by atoms with Crippen LogP contribution < -0.4 is 0 Å². The molecule has 0 saturated heterocycles.